The summed E-state index contributed by atoms with van der Waals surface area (Å²) in [5.41, 5.74) is 3.38. The first-order valence-electron chi connectivity index (χ1n) is 8.85. The molecule has 1 N–H and O–H groups in total. The highest BCUT2D eigenvalue weighted by Gasteiger charge is 2.16. The monoisotopic (exact) mass is 384 g/mol. The minimum Gasteiger partial charge on any atom is -0.495 e. The topological polar surface area (TPSA) is 108 Å². The van der Waals surface area contributed by atoms with Crippen molar-refractivity contribution in [2.75, 3.05) is 19.0 Å². The fourth-order valence-electron chi connectivity index (χ4n) is 3.19. The van der Waals surface area contributed by atoms with Crippen molar-refractivity contribution in [2.45, 2.75) is 25.7 Å². The molecule has 0 spiro atoms. The van der Waals surface area contributed by atoms with Crippen molar-refractivity contribution in [1.82, 2.24) is 0 Å². The van der Waals surface area contributed by atoms with Crippen LogP contribution < -0.4 is 10.1 Å². The smallest absolute Gasteiger partial charge is 0.310 e. The predicted molar refractivity (Wildman–Crippen MR) is 101 cm³/mol. The van der Waals surface area contributed by atoms with Crippen LogP contribution in [0, 0.1) is 10.1 Å². The van der Waals surface area contributed by atoms with Crippen LogP contribution in [0.4, 0.5) is 11.4 Å². The normalized spacial score (nSPS) is 12.2. The van der Waals surface area contributed by atoms with E-state index < -0.39 is 23.4 Å². The zero-order valence-electron chi connectivity index (χ0n) is 15.4. The Morgan fingerprint density at radius 2 is 1.93 bits per heavy atom. The summed E-state index contributed by atoms with van der Waals surface area (Å²) in [5, 5.41) is 13.3. The number of anilines is 1. The third kappa shape index (κ3) is 4.64. The highest BCUT2D eigenvalue weighted by Crippen LogP contribution is 2.28. The molecule has 0 heterocycles. The molecular formula is C20H20N2O6. The molecule has 0 bridgehead atoms. The number of methoxy groups -OCH3 is 1. The Labute approximate surface area is 161 Å². The van der Waals surface area contributed by atoms with Crippen LogP contribution in [0.15, 0.2) is 36.4 Å². The summed E-state index contributed by atoms with van der Waals surface area (Å²) in [7, 11) is 1.38. The Bertz CT molecular complexity index is 925. The summed E-state index contributed by atoms with van der Waals surface area (Å²) in [4.78, 5) is 34.4. The molecule has 2 aromatic rings. The number of benzene rings is 2. The van der Waals surface area contributed by atoms with Crippen molar-refractivity contribution in [3.8, 4) is 5.75 Å². The van der Waals surface area contributed by atoms with Gasteiger partial charge in [0.05, 0.1) is 24.1 Å². The van der Waals surface area contributed by atoms with Crippen molar-refractivity contribution in [3.05, 3.63) is 63.2 Å². The van der Waals surface area contributed by atoms with Gasteiger partial charge in [0.1, 0.15) is 5.75 Å². The number of hydrogen-bond donors (Lipinski definition) is 1. The summed E-state index contributed by atoms with van der Waals surface area (Å²) < 4.78 is 10.1. The molecule has 0 saturated carbocycles. The van der Waals surface area contributed by atoms with Gasteiger partial charge in [0, 0.05) is 12.1 Å². The molecule has 0 aliphatic heterocycles. The molecule has 146 valence electrons. The SMILES string of the molecule is COc1ccc([N+](=O)[O-])cc1NC(=O)COC(=O)Cc1ccc2c(c1)CCC2. The van der Waals surface area contributed by atoms with Gasteiger partial charge in [-0.15, -0.1) is 0 Å². The van der Waals surface area contributed by atoms with Gasteiger partial charge in [-0.05, 0) is 42.0 Å². The number of amides is 1. The summed E-state index contributed by atoms with van der Waals surface area (Å²) in [6.45, 7) is -0.490. The van der Waals surface area contributed by atoms with Gasteiger partial charge in [-0.25, -0.2) is 0 Å². The number of nitro groups is 1. The van der Waals surface area contributed by atoms with Crippen LogP contribution in [-0.2, 0) is 33.6 Å². The standard InChI is InChI=1S/C20H20N2O6/c1-27-18-8-7-16(22(25)26)11-17(18)21-19(23)12-28-20(24)10-13-5-6-14-3-2-4-15(14)9-13/h5-9,11H,2-4,10,12H2,1H3,(H,21,23). The fraction of sp³-hybridized carbons (Fsp3) is 0.300. The molecule has 28 heavy (non-hydrogen) atoms. The minimum absolute atomic E-state index is 0.0840. The van der Waals surface area contributed by atoms with E-state index in [1.165, 1.54) is 36.4 Å². The lowest BCUT2D eigenvalue weighted by Crippen LogP contribution is -2.22. The fourth-order valence-corrected chi connectivity index (χ4v) is 3.19. The third-order valence-electron chi connectivity index (χ3n) is 4.54. The Kier molecular flexibility index (Phi) is 5.88. The molecule has 0 radical (unpaired) electrons. The van der Waals surface area contributed by atoms with E-state index in [1.807, 2.05) is 18.2 Å². The molecule has 0 fully saturated rings. The number of non-ortho nitro benzene ring substituents is 1. The quantitative estimate of drug-likeness (QED) is 0.447. The second-order valence-corrected chi connectivity index (χ2v) is 6.48. The predicted octanol–water partition coefficient (Wildman–Crippen LogP) is 2.82. The molecule has 8 nitrogen and oxygen atoms in total. The van der Waals surface area contributed by atoms with Gasteiger partial charge in [0.25, 0.3) is 11.6 Å². The maximum Gasteiger partial charge on any atom is 0.310 e. The van der Waals surface area contributed by atoms with Crippen LogP contribution in [0.2, 0.25) is 0 Å². The first-order valence-corrected chi connectivity index (χ1v) is 8.85. The number of carbonyl (C=O) groups is 2. The van der Waals surface area contributed by atoms with Crippen LogP contribution in [0.25, 0.3) is 0 Å². The van der Waals surface area contributed by atoms with E-state index in [1.54, 1.807) is 0 Å². The Balaban J connectivity index is 1.54. The number of nitrogens with one attached hydrogen (secondary N) is 1. The van der Waals surface area contributed by atoms with Crippen LogP contribution in [0.3, 0.4) is 0 Å². The van der Waals surface area contributed by atoms with Gasteiger partial charge < -0.3 is 14.8 Å². The second-order valence-electron chi connectivity index (χ2n) is 6.48. The van der Waals surface area contributed by atoms with Crippen molar-refractivity contribution in [3.63, 3.8) is 0 Å². The highest BCUT2D eigenvalue weighted by molar-refractivity contribution is 5.94. The minimum atomic E-state index is -0.610. The molecular weight excluding hydrogens is 364 g/mol. The maximum atomic E-state index is 12.1. The van der Waals surface area contributed by atoms with Crippen LogP contribution >= 0.6 is 0 Å². The van der Waals surface area contributed by atoms with Gasteiger partial charge in [0.15, 0.2) is 6.61 Å². The van der Waals surface area contributed by atoms with Crippen molar-refractivity contribution in [2.24, 2.45) is 0 Å². The van der Waals surface area contributed by atoms with Gasteiger partial charge in [-0.1, -0.05) is 18.2 Å². The number of esters is 1. The van der Waals surface area contributed by atoms with Crippen LogP contribution in [0.5, 0.6) is 5.75 Å². The molecule has 3 rings (SSSR count). The Hall–Kier alpha value is -3.42. The summed E-state index contributed by atoms with van der Waals surface area (Å²) in [5.74, 6) is -0.858. The average Bonchev–Trinajstić information content (AvgIpc) is 3.14. The van der Waals surface area contributed by atoms with Crippen molar-refractivity contribution in [1.29, 1.82) is 0 Å². The molecule has 1 aliphatic carbocycles. The maximum absolute atomic E-state index is 12.1. The van der Waals surface area contributed by atoms with Crippen LogP contribution in [-0.4, -0.2) is 30.5 Å². The first-order chi connectivity index (χ1) is 13.5. The van der Waals surface area contributed by atoms with Crippen molar-refractivity contribution >= 4 is 23.3 Å². The summed E-state index contributed by atoms with van der Waals surface area (Å²) in [6, 6.07) is 9.78. The van der Waals surface area contributed by atoms with E-state index in [0.29, 0.717) is 0 Å². The van der Waals surface area contributed by atoms with Crippen molar-refractivity contribution < 1.29 is 24.0 Å². The molecule has 0 aromatic heterocycles. The number of hydrogen-bond acceptors (Lipinski definition) is 6. The molecule has 1 amide bonds. The van der Waals surface area contributed by atoms with Gasteiger partial charge in [0.2, 0.25) is 0 Å². The molecule has 2 aromatic carbocycles. The molecule has 8 heteroatoms. The van der Waals surface area contributed by atoms with E-state index in [-0.39, 0.29) is 23.5 Å². The highest BCUT2D eigenvalue weighted by atomic mass is 16.6. The number of carbonyl (C=O) groups excluding carboxylic acids is 2. The summed E-state index contributed by atoms with van der Waals surface area (Å²) in [6.07, 6.45) is 3.30. The zero-order valence-corrected chi connectivity index (χ0v) is 15.4. The van der Waals surface area contributed by atoms with E-state index >= 15 is 0 Å². The third-order valence-corrected chi connectivity index (χ3v) is 4.54. The van der Waals surface area contributed by atoms with E-state index in [9.17, 15) is 19.7 Å². The molecule has 0 unspecified atom stereocenters. The lowest BCUT2D eigenvalue weighted by Gasteiger charge is -2.10. The number of fused-ring (bicyclic) bond motifs is 1. The van der Waals surface area contributed by atoms with E-state index in [2.05, 4.69) is 5.32 Å². The molecule has 0 saturated heterocycles. The van der Waals surface area contributed by atoms with E-state index in [0.717, 1.165) is 24.8 Å². The molecule has 0 atom stereocenters. The van der Waals surface area contributed by atoms with Crippen LogP contribution in [0.1, 0.15) is 23.1 Å². The molecule has 1 aliphatic rings. The lowest BCUT2D eigenvalue weighted by atomic mass is 10.0. The largest absolute Gasteiger partial charge is 0.495 e. The Morgan fingerprint density at radius 1 is 1.14 bits per heavy atom. The number of rotatable bonds is 7. The number of aryl methyl sites for hydroxylation is 2. The van der Waals surface area contributed by atoms with Gasteiger partial charge >= 0.3 is 5.97 Å². The van der Waals surface area contributed by atoms with E-state index in [4.69, 9.17) is 9.47 Å². The Morgan fingerprint density at radius 3 is 2.68 bits per heavy atom. The van der Waals surface area contributed by atoms with Gasteiger partial charge in [-0.2, -0.15) is 0 Å². The number of ether oxygens (including phenoxy) is 2. The zero-order chi connectivity index (χ0) is 20.1. The number of nitrogens with zero attached hydrogens (tertiary/aromatic N) is 1. The first kappa shape index (κ1) is 19.3. The average molecular weight is 384 g/mol. The second kappa shape index (κ2) is 8.51. The number of nitro benzene ring substituents is 1. The lowest BCUT2D eigenvalue weighted by molar-refractivity contribution is -0.384. The summed E-state index contributed by atoms with van der Waals surface area (Å²) >= 11 is 0. The van der Waals surface area contributed by atoms with Gasteiger partial charge in [-0.3, -0.25) is 19.7 Å².